The van der Waals surface area contributed by atoms with Crippen LogP contribution in [0.3, 0.4) is 0 Å². The molecular formula is C25H22Br2N2O4. The summed E-state index contributed by atoms with van der Waals surface area (Å²) in [6.45, 7) is 5.70. The first kappa shape index (κ1) is 24.7. The average molecular weight is 574 g/mol. The van der Waals surface area contributed by atoms with Crippen LogP contribution in [0.1, 0.15) is 32.6 Å². The van der Waals surface area contributed by atoms with Crippen molar-refractivity contribution < 1.29 is 19.1 Å². The van der Waals surface area contributed by atoms with Gasteiger partial charge in [-0.2, -0.15) is 5.10 Å². The van der Waals surface area contributed by atoms with Gasteiger partial charge in [-0.05, 0) is 84.2 Å². The molecule has 1 N–H and O–H groups in total. The number of aryl methyl sites for hydroxylation is 3. The molecule has 33 heavy (non-hydrogen) atoms. The molecule has 170 valence electrons. The fourth-order valence-corrected chi connectivity index (χ4v) is 4.21. The standard InChI is InChI=1S/C25H22Br2N2O4/c1-15-5-4-6-18(9-15)25(31)33-24-19(11-20(26)12-22(24)27)13-28-29-23(30)14-32-21-8-7-16(2)17(3)10-21/h4-13H,14H2,1-3H3,(H,29,30). The molecule has 0 unspecified atom stereocenters. The predicted octanol–water partition coefficient (Wildman–Crippen LogP) is 5.89. The van der Waals surface area contributed by atoms with Gasteiger partial charge in [-0.3, -0.25) is 4.79 Å². The number of hydrogen-bond donors (Lipinski definition) is 1. The van der Waals surface area contributed by atoms with E-state index in [0.29, 0.717) is 21.3 Å². The zero-order valence-corrected chi connectivity index (χ0v) is 21.5. The minimum atomic E-state index is -0.498. The lowest BCUT2D eigenvalue weighted by Gasteiger charge is -2.11. The molecule has 0 spiro atoms. The molecule has 3 rings (SSSR count). The molecule has 3 aromatic carbocycles. The molecule has 0 saturated carbocycles. The van der Waals surface area contributed by atoms with Crippen LogP contribution < -0.4 is 14.9 Å². The van der Waals surface area contributed by atoms with Crippen molar-refractivity contribution in [3.8, 4) is 11.5 Å². The van der Waals surface area contributed by atoms with Gasteiger partial charge in [0.1, 0.15) is 5.75 Å². The van der Waals surface area contributed by atoms with Gasteiger partial charge in [-0.15, -0.1) is 0 Å². The lowest BCUT2D eigenvalue weighted by atomic mass is 10.1. The number of carbonyl (C=O) groups excluding carboxylic acids is 2. The second-order valence-electron chi connectivity index (χ2n) is 7.39. The third-order valence-electron chi connectivity index (χ3n) is 4.73. The minimum Gasteiger partial charge on any atom is -0.484 e. The van der Waals surface area contributed by atoms with Crippen LogP contribution in [0.2, 0.25) is 0 Å². The largest absolute Gasteiger partial charge is 0.484 e. The summed E-state index contributed by atoms with van der Waals surface area (Å²) in [6.07, 6.45) is 1.41. The number of nitrogens with zero attached hydrogens (tertiary/aromatic N) is 1. The van der Waals surface area contributed by atoms with Crippen molar-refractivity contribution in [2.75, 3.05) is 6.61 Å². The smallest absolute Gasteiger partial charge is 0.343 e. The maximum absolute atomic E-state index is 12.6. The van der Waals surface area contributed by atoms with Crippen molar-refractivity contribution in [3.05, 3.63) is 91.4 Å². The number of amides is 1. The third-order valence-corrected chi connectivity index (χ3v) is 5.77. The highest BCUT2D eigenvalue weighted by atomic mass is 79.9. The molecule has 0 fully saturated rings. The second-order valence-corrected chi connectivity index (χ2v) is 9.16. The fraction of sp³-hybridized carbons (Fsp3) is 0.160. The predicted molar refractivity (Wildman–Crippen MR) is 135 cm³/mol. The van der Waals surface area contributed by atoms with Gasteiger partial charge in [0.05, 0.1) is 16.3 Å². The molecule has 0 atom stereocenters. The Morgan fingerprint density at radius 1 is 1.00 bits per heavy atom. The normalized spacial score (nSPS) is 10.8. The van der Waals surface area contributed by atoms with Crippen molar-refractivity contribution in [1.29, 1.82) is 0 Å². The van der Waals surface area contributed by atoms with Crippen molar-refractivity contribution in [2.45, 2.75) is 20.8 Å². The SMILES string of the molecule is Cc1cccc(C(=O)Oc2c(Br)cc(Br)cc2C=NNC(=O)COc2ccc(C)c(C)c2)c1. The van der Waals surface area contributed by atoms with Gasteiger partial charge in [-0.25, -0.2) is 10.2 Å². The number of carbonyl (C=O) groups is 2. The fourth-order valence-electron chi connectivity index (χ4n) is 2.87. The van der Waals surface area contributed by atoms with Gasteiger partial charge in [0.15, 0.2) is 12.4 Å². The number of hydrazone groups is 1. The van der Waals surface area contributed by atoms with Crippen LogP contribution in [0, 0.1) is 20.8 Å². The van der Waals surface area contributed by atoms with Gasteiger partial charge in [-0.1, -0.05) is 39.7 Å². The maximum atomic E-state index is 12.6. The van der Waals surface area contributed by atoms with E-state index >= 15 is 0 Å². The lowest BCUT2D eigenvalue weighted by Crippen LogP contribution is -2.24. The lowest BCUT2D eigenvalue weighted by molar-refractivity contribution is -0.123. The second kappa shape index (κ2) is 11.2. The summed E-state index contributed by atoms with van der Waals surface area (Å²) in [6, 6.07) is 16.2. The monoisotopic (exact) mass is 572 g/mol. The van der Waals surface area contributed by atoms with Gasteiger partial charge >= 0.3 is 5.97 Å². The molecule has 8 heteroatoms. The van der Waals surface area contributed by atoms with E-state index in [1.54, 1.807) is 30.3 Å². The minimum absolute atomic E-state index is 0.183. The number of rotatable bonds is 7. The first-order valence-electron chi connectivity index (χ1n) is 10.0. The first-order valence-corrected chi connectivity index (χ1v) is 11.6. The molecule has 0 radical (unpaired) electrons. The molecule has 0 bridgehead atoms. The summed E-state index contributed by atoms with van der Waals surface area (Å²) in [5.74, 6) is -0.0216. The van der Waals surface area contributed by atoms with E-state index in [1.807, 2.05) is 45.0 Å². The number of ether oxygens (including phenoxy) is 2. The van der Waals surface area contributed by atoms with Crippen LogP contribution >= 0.6 is 31.9 Å². The van der Waals surface area contributed by atoms with E-state index in [-0.39, 0.29) is 12.4 Å². The summed E-state index contributed by atoms with van der Waals surface area (Å²) in [5, 5.41) is 3.99. The van der Waals surface area contributed by atoms with E-state index in [4.69, 9.17) is 9.47 Å². The molecule has 0 heterocycles. The Balaban J connectivity index is 1.67. The Kier molecular flexibility index (Phi) is 8.41. The van der Waals surface area contributed by atoms with E-state index in [0.717, 1.165) is 21.2 Å². The summed E-state index contributed by atoms with van der Waals surface area (Å²) in [5.41, 5.74) is 6.53. The van der Waals surface area contributed by atoms with Crippen molar-refractivity contribution in [3.63, 3.8) is 0 Å². The van der Waals surface area contributed by atoms with E-state index < -0.39 is 11.9 Å². The molecule has 0 saturated heterocycles. The molecule has 0 aromatic heterocycles. The molecule has 0 aliphatic rings. The van der Waals surface area contributed by atoms with E-state index in [2.05, 4.69) is 42.4 Å². The van der Waals surface area contributed by atoms with Crippen LogP contribution in [0.15, 0.2) is 68.6 Å². The van der Waals surface area contributed by atoms with Crippen LogP contribution in [0.5, 0.6) is 11.5 Å². The summed E-state index contributed by atoms with van der Waals surface area (Å²) < 4.78 is 12.4. The van der Waals surface area contributed by atoms with E-state index in [1.165, 1.54) is 6.21 Å². The molecule has 3 aromatic rings. The maximum Gasteiger partial charge on any atom is 0.343 e. The van der Waals surface area contributed by atoms with Crippen LogP contribution in [-0.4, -0.2) is 24.7 Å². The van der Waals surface area contributed by atoms with Gasteiger partial charge in [0.2, 0.25) is 0 Å². The number of hydrogen-bond acceptors (Lipinski definition) is 5. The van der Waals surface area contributed by atoms with Crippen LogP contribution in [0.25, 0.3) is 0 Å². The topological polar surface area (TPSA) is 77.0 Å². The Labute approximate surface area is 209 Å². The Bertz CT molecular complexity index is 1230. The summed E-state index contributed by atoms with van der Waals surface area (Å²) in [7, 11) is 0. The third kappa shape index (κ3) is 7.00. The van der Waals surface area contributed by atoms with E-state index in [9.17, 15) is 9.59 Å². The van der Waals surface area contributed by atoms with Crippen molar-refractivity contribution >= 4 is 50.0 Å². The number of benzene rings is 3. The molecule has 1 amide bonds. The highest BCUT2D eigenvalue weighted by Gasteiger charge is 2.15. The first-order chi connectivity index (χ1) is 15.7. The van der Waals surface area contributed by atoms with Gasteiger partial charge < -0.3 is 9.47 Å². The number of nitrogens with one attached hydrogen (secondary N) is 1. The molecule has 0 aliphatic heterocycles. The highest BCUT2D eigenvalue weighted by Crippen LogP contribution is 2.32. The Morgan fingerprint density at radius 3 is 2.52 bits per heavy atom. The zero-order chi connectivity index (χ0) is 24.0. The van der Waals surface area contributed by atoms with Crippen molar-refractivity contribution in [1.82, 2.24) is 5.43 Å². The molecule has 6 nitrogen and oxygen atoms in total. The van der Waals surface area contributed by atoms with Crippen molar-refractivity contribution in [2.24, 2.45) is 5.10 Å². The number of esters is 1. The Hall–Kier alpha value is -2.97. The van der Waals surface area contributed by atoms with Gasteiger partial charge in [0.25, 0.3) is 5.91 Å². The molecular weight excluding hydrogens is 552 g/mol. The Morgan fingerprint density at radius 2 is 1.79 bits per heavy atom. The molecule has 0 aliphatic carbocycles. The zero-order valence-electron chi connectivity index (χ0n) is 18.3. The quantitative estimate of drug-likeness (QED) is 0.166. The van der Waals surface area contributed by atoms with Crippen LogP contribution in [-0.2, 0) is 4.79 Å². The summed E-state index contributed by atoms with van der Waals surface area (Å²) in [4.78, 5) is 24.7. The van der Waals surface area contributed by atoms with Gasteiger partial charge in [0, 0.05) is 10.0 Å². The highest BCUT2D eigenvalue weighted by molar-refractivity contribution is 9.11. The number of halogens is 2. The summed E-state index contributed by atoms with van der Waals surface area (Å²) >= 11 is 6.83. The average Bonchev–Trinajstić information content (AvgIpc) is 2.76. The van der Waals surface area contributed by atoms with Crippen LogP contribution in [0.4, 0.5) is 0 Å².